The van der Waals surface area contributed by atoms with Gasteiger partial charge in [-0.05, 0) is 0 Å². The van der Waals surface area contributed by atoms with Crippen molar-refractivity contribution in [3.05, 3.63) is 72.1 Å². The molecule has 2 aromatic carbocycles. The number of carboxylic acid groups (broad SMARTS) is 1. The Bertz CT molecular complexity index is 761. The molecule has 1 aliphatic rings. The second-order valence-electron chi connectivity index (χ2n) is 7.12. The fourth-order valence-corrected chi connectivity index (χ4v) is 7.46. The van der Waals surface area contributed by atoms with E-state index in [9.17, 15) is 14.8 Å². The minimum atomic E-state index is -3.43. The summed E-state index contributed by atoms with van der Waals surface area (Å²) in [5, 5.41) is 10.1. The molecule has 0 amide bonds. The fraction of sp³-hybridized carbons (Fsp3) is 0.286. The van der Waals surface area contributed by atoms with Crippen molar-refractivity contribution < 1.29 is 14.8 Å². The maximum absolute atomic E-state index is 12.1. The molecule has 2 aromatic rings. The van der Waals surface area contributed by atoms with E-state index in [1.54, 1.807) is 0 Å². The van der Waals surface area contributed by atoms with Crippen LogP contribution >= 0.6 is 7.79 Å². The van der Waals surface area contributed by atoms with E-state index in [2.05, 4.69) is 0 Å². The van der Waals surface area contributed by atoms with Crippen molar-refractivity contribution in [3.8, 4) is 0 Å². The van der Waals surface area contributed by atoms with Crippen LogP contribution in [0, 0.1) is 5.92 Å². The number of hydrogen-bond acceptors (Lipinski definition) is 4. The molecule has 1 aliphatic heterocycles. The Labute approximate surface area is 161 Å². The molecule has 144 valence electrons. The standard InChI is InChI=1S/C21H27N2O3P/c1-17(2)15-20(16-21(24)25)27(26)22(18-9-5-3-6-10-18)13-14-23(27)19-11-7-4-8-12-19/h3-12,15,17,26-27H,13-14,16H2,1-2H3,(H,24,25)/b20-15-. The number of hydrogen-bond donors (Lipinski definition) is 2. The second-order valence-corrected chi connectivity index (χ2v) is 10.1. The molecule has 1 saturated heterocycles. The van der Waals surface area contributed by atoms with Gasteiger partial charge in [-0.1, -0.05) is 0 Å². The first-order valence-electron chi connectivity index (χ1n) is 9.23. The predicted molar refractivity (Wildman–Crippen MR) is 113 cm³/mol. The Morgan fingerprint density at radius 2 is 1.44 bits per heavy atom. The Balaban J connectivity index is 2.14. The van der Waals surface area contributed by atoms with Gasteiger partial charge in [0.05, 0.1) is 0 Å². The molecule has 1 fully saturated rings. The molecule has 6 heteroatoms. The van der Waals surface area contributed by atoms with E-state index < -0.39 is 13.8 Å². The van der Waals surface area contributed by atoms with Gasteiger partial charge in [0.1, 0.15) is 0 Å². The molecule has 0 aliphatic carbocycles. The first kappa shape index (κ1) is 19.4. The minimum absolute atomic E-state index is 0.145. The summed E-state index contributed by atoms with van der Waals surface area (Å²) < 4.78 is 4.05. The molecule has 0 radical (unpaired) electrons. The SMILES string of the molecule is CC(C)/C=C(/CC(=O)O)[PH]1(O)N(c2ccccc2)CCN1c1ccccc1. The normalized spacial score (nSPS) is 18.0. The van der Waals surface area contributed by atoms with Crippen LogP contribution in [0.4, 0.5) is 11.4 Å². The number of carboxylic acids is 1. The van der Waals surface area contributed by atoms with Crippen LogP contribution < -0.4 is 9.34 Å². The van der Waals surface area contributed by atoms with Crippen molar-refractivity contribution >= 4 is 25.1 Å². The Morgan fingerprint density at radius 3 is 1.81 bits per heavy atom. The zero-order valence-electron chi connectivity index (χ0n) is 15.7. The third-order valence-corrected chi connectivity index (χ3v) is 8.42. The predicted octanol–water partition coefficient (Wildman–Crippen LogP) is 4.52. The van der Waals surface area contributed by atoms with Crippen LogP contribution in [0.2, 0.25) is 0 Å². The first-order chi connectivity index (χ1) is 12.9. The Hall–Kier alpha value is -2.36. The molecule has 5 nitrogen and oxygen atoms in total. The molecule has 1 heterocycles. The number of benzene rings is 2. The van der Waals surface area contributed by atoms with Crippen molar-refractivity contribution in [1.29, 1.82) is 0 Å². The van der Waals surface area contributed by atoms with Gasteiger partial charge in [0.15, 0.2) is 0 Å². The van der Waals surface area contributed by atoms with Gasteiger partial charge in [0.25, 0.3) is 0 Å². The summed E-state index contributed by atoms with van der Waals surface area (Å²) in [4.78, 5) is 23.7. The zero-order valence-corrected chi connectivity index (χ0v) is 16.7. The third kappa shape index (κ3) is 4.00. The molecule has 0 atom stereocenters. The van der Waals surface area contributed by atoms with Crippen LogP contribution in [0.25, 0.3) is 0 Å². The number of carbonyl (C=O) groups is 1. The average Bonchev–Trinajstić information content (AvgIpc) is 3.00. The van der Waals surface area contributed by atoms with Gasteiger partial charge in [-0.2, -0.15) is 0 Å². The summed E-state index contributed by atoms with van der Waals surface area (Å²) in [7, 11) is -3.43. The van der Waals surface area contributed by atoms with Gasteiger partial charge >= 0.3 is 161 Å². The molecule has 0 saturated carbocycles. The molecular formula is C21H27N2O3P. The molecule has 0 aromatic heterocycles. The number of para-hydroxylation sites is 2. The van der Waals surface area contributed by atoms with Gasteiger partial charge in [0.2, 0.25) is 0 Å². The quantitative estimate of drug-likeness (QED) is 0.715. The molecule has 3 rings (SSSR count). The molecular weight excluding hydrogens is 359 g/mol. The summed E-state index contributed by atoms with van der Waals surface area (Å²) in [6.45, 7) is 5.32. The van der Waals surface area contributed by atoms with Crippen LogP contribution in [0.3, 0.4) is 0 Å². The maximum atomic E-state index is 12.1. The van der Waals surface area contributed by atoms with E-state index >= 15 is 0 Å². The van der Waals surface area contributed by atoms with Crippen LogP contribution in [0.15, 0.2) is 72.1 Å². The van der Waals surface area contributed by atoms with Crippen LogP contribution in [-0.4, -0.2) is 29.1 Å². The van der Waals surface area contributed by atoms with E-state index in [1.807, 2.05) is 89.9 Å². The van der Waals surface area contributed by atoms with Crippen LogP contribution in [0.1, 0.15) is 20.3 Å². The number of nitrogens with zero attached hydrogens (tertiary/aromatic N) is 2. The molecule has 27 heavy (non-hydrogen) atoms. The zero-order chi connectivity index (χ0) is 19.4. The first-order valence-corrected chi connectivity index (χ1v) is 11.1. The number of anilines is 2. The summed E-state index contributed by atoms with van der Waals surface area (Å²) in [6, 6.07) is 19.5. The van der Waals surface area contributed by atoms with E-state index in [0.29, 0.717) is 18.4 Å². The van der Waals surface area contributed by atoms with Crippen LogP contribution in [-0.2, 0) is 4.79 Å². The van der Waals surface area contributed by atoms with E-state index in [4.69, 9.17) is 0 Å². The van der Waals surface area contributed by atoms with Gasteiger partial charge in [-0.25, -0.2) is 0 Å². The van der Waals surface area contributed by atoms with Crippen molar-refractivity contribution in [2.75, 3.05) is 22.4 Å². The fourth-order valence-electron chi connectivity index (χ4n) is 3.69. The van der Waals surface area contributed by atoms with Crippen molar-refractivity contribution in [2.24, 2.45) is 5.92 Å². The van der Waals surface area contributed by atoms with Crippen molar-refractivity contribution in [1.82, 2.24) is 0 Å². The van der Waals surface area contributed by atoms with E-state index in [0.717, 1.165) is 11.4 Å². The molecule has 2 N–H and O–H groups in total. The third-order valence-electron chi connectivity index (χ3n) is 4.74. The van der Waals surface area contributed by atoms with Gasteiger partial charge in [-0.3, -0.25) is 0 Å². The Kier molecular flexibility index (Phi) is 5.83. The topological polar surface area (TPSA) is 64.0 Å². The molecule has 0 bridgehead atoms. The van der Waals surface area contributed by atoms with E-state index in [-0.39, 0.29) is 12.3 Å². The Morgan fingerprint density at radius 1 is 1.00 bits per heavy atom. The van der Waals surface area contributed by atoms with Gasteiger partial charge in [0, 0.05) is 0 Å². The number of aliphatic carboxylic acids is 1. The number of rotatable bonds is 6. The summed E-state index contributed by atoms with van der Waals surface area (Å²) in [5.74, 6) is -0.775. The average molecular weight is 386 g/mol. The van der Waals surface area contributed by atoms with Gasteiger partial charge in [-0.15, -0.1) is 0 Å². The summed E-state index contributed by atoms with van der Waals surface area (Å²) in [5.41, 5.74) is 1.84. The monoisotopic (exact) mass is 386 g/mol. The number of allylic oxidation sites excluding steroid dienone is 1. The summed E-state index contributed by atoms with van der Waals surface area (Å²) in [6.07, 6.45) is 1.77. The summed E-state index contributed by atoms with van der Waals surface area (Å²) >= 11 is 0. The van der Waals surface area contributed by atoms with Crippen molar-refractivity contribution in [2.45, 2.75) is 20.3 Å². The van der Waals surface area contributed by atoms with Crippen LogP contribution in [0.5, 0.6) is 0 Å². The van der Waals surface area contributed by atoms with Crippen molar-refractivity contribution in [3.63, 3.8) is 0 Å². The molecule has 0 unspecified atom stereocenters. The van der Waals surface area contributed by atoms with Gasteiger partial charge < -0.3 is 0 Å². The second kappa shape index (κ2) is 8.12. The molecule has 0 spiro atoms. The van der Waals surface area contributed by atoms with E-state index in [1.165, 1.54) is 0 Å².